The third-order valence-electron chi connectivity index (χ3n) is 4.10. The van der Waals surface area contributed by atoms with Crippen LogP contribution in [0.1, 0.15) is 26.2 Å². The summed E-state index contributed by atoms with van der Waals surface area (Å²) in [5.74, 6) is -4.52. The van der Waals surface area contributed by atoms with Crippen LogP contribution >= 0.6 is 12.6 Å². The Hall–Kier alpha value is -2.34. The number of nitrogens with one attached hydrogen (secondary N) is 2. The molecule has 0 aromatic carbocycles. The van der Waals surface area contributed by atoms with Crippen molar-refractivity contribution in [2.24, 2.45) is 5.73 Å². The monoisotopic (exact) mass is 404 g/mol. The molecule has 0 aromatic heterocycles. The molecule has 4 atom stereocenters. The highest BCUT2D eigenvalue weighted by Gasteiger charge is 2.38. The van der Waals surface area contributed by atoms with E-state index < -0.39 is 60.2 Å². The maximum absolute atomic E-state index is 12.7. The fourth-order valence-electron chi connectivity index (χ4n) is 2.62. The second kappa shape index (κ2) is 10.1. The molecule has 4 unspecified atom stereocenters. The predicted molar refractivity (Wildman–Crippen MR) is 96.0 cm³/mol. The molecule has 1 rings (SSSR count). The Labute approximate surface area is 161 Å². The summed E-state index contributed by atoms with van der Waals surface area (Å²) in [6.45, 7) is 1.57. The Kier molecular flexibility index (Phi) is 8.50. The molecular formula is C15H24N4O7S. The Morgan fingerprint density at radius 3 is 2.37 bits per heavy atom. The molecule has 0 aromatic rings. The van der Waals surface area contributed by atoms with Crippen molar-refractivity contribution in [3.8, 4) is 0 Å². The van der Waals surface area contributed by atoms with Crippen molar-refractivity contribution >= 4 is 42.3 Å². The van der Waals surface area contributed by atoms with Crippen LogP contribution in [-0.4, -0.2) is 81.2 Å². The molecule has 1 heterocycles. The van der Waals surface area contributed by atoms with Crippen molar-refractivity contribution < 1.29 is 34.2 Å². The van der Waals surface area contributed by atoms with E-state index in [1.807, 2.05) is 0 Å². The molecule has 0 radical (unpaired) electrons. The largest absolute Gasteiger partial charge is 0.481 e. The van der Waals surface area contributed by atoms with Gasteiger partial charge < -0.3 is 31.5 Å². The minimum Gasteiger partial charge on any atom is -0.481 e. The SMILES string of the molecule is CC(NC(=O)C1CCCN1C(=O)C(CS)NC(=O)C(N)CC(=O)O)C(=O)O. The molecule has 12 heteroatoms. The fourth-order valence-corrected chi connectivity index (χ4v) is 2.87. The lowest BCUT2D eigenvalue weighted by molar-refractivity contribution is -0.144. The first kappa shape index (κ1) is 22.7. The van der Waals surface area contributed by atoms with E-state index in [0.29, 0.717) is 12.8 Å². The van der Waals surface area contributed by atoms with E-state index in [1.165, 1.54) is 11.8 Å². The predicted octanol–water partition coefficient (Wildman–Crippen LogP) is -2.22. The highest BCUT2D eigenvalue weighted by Crippen LogP contribution is 2.19. The lowest BCUT2D eigenvalue weighted by Gasteiger charge is -2.29. The normalized spacial score (nSPS) is 19.7. The third kappa shape index (κ3) is 6.40. The number of carbonyl (C=O) groups is 5. The van der Waals surface area contributed by atoms with Crippen molar-refractivity contribution in [2.45, 2.75) is 50.4 Å². The summed E-state index contributed by atoms with van der Waals surface area (Å²) in [6, 6.07) is -4.38. The van der Waals surface area contributed by atoms with Gasteiger partial charge in [0.05, 0.1) is 12.5 Å². The van der Waals surface area contributed by atoms with E-state index in [2.05, 4.69) is 23.3 Å². The molecule has 0 bridgehead atoms. The fraction of sp³-hybridized carbons (Fsp3) is 0.667. The number of rotatable bonds is 9. The van der Waals surface area contributed by atoms with Gasteiger partial charge in [0.1, 0.15) is 18.1 Å². The number of thiol groups is 1. The number of nitrogens with two attached hydrogens (primary N) is 1. The lowest BCUT2D eigenvalue weighted by Crippen LogP contribution is -2.57. The van der Waals surface area contributed by atoms with E-state index in [-0.39, 0.29) is 12.3 Å². The van der Waals surface area contributed by atoms with Crippen LogP contribution in [0.15, 0.2) is 0 Å². The smallest absolute Gasteiger partial charge is 0.325 e. The van der Waals surface area contributed by atoms with Gasteiger partial charge in [-0.3, -0.25) is 24.0 Å². The maximum atomic E-state index is 12.7. The van der Waals surface area contributed by atoms with Gasteiger partial charge in [0.2, 0.25) is 17.7 Å². The number of hydrogen-bond donors (Lipinski definition) is 6. The highest BCUT2D eigenvalue weighted by atomic mass is 32.1. The maximum Gasteiger partial charge on any atom is 0.325 e. The molecular weight excluding hydrogens is 380 g/mol. The Morgan fingerprint density at radius 2 is 1.85 bits per heavy atom. The van der Waals surface area contributed by atoms with Crippen molar-refractivity contribution in [3.63, 3.8) is 0 Å². The second-order valence-electron chi connectivity index (χ2n) is 6.21. The summed E-state index contributed by atoms with van der Waals surface area (Å²) >= 11 is 4.03. The Balaban J connectivity index is 2.78. The van der Waals surface area contributed by atoms with E-state index in [4.69, 9.17) is 15.9 Å². The van der Waals surface area contributed by atoms with Crippen molar-refractivity contribution in [1.82, 2.24) is 15.5 Å². The summed E-state index contributed by atoms with van der Waals surface area (Å²) in [4.78, 5) is 59.7. The standard InChI is InChI=1S/C15H24N4O7S/c1-7(15(25)26)17-13(23)10-3-2-4-19(10)14(24)9(6-27)18-12(22)8(16)5-11(20)21/h7-10,27H,2-6,16H2,1H3,(H,17,23)(H,18,22)(H,20,21)(H,25,26). The Morgan fingerprint density at radius 1 is 1.22 bits per heavy atom. The molecule has 0 aliphatic carbocycles. The minimum absolute atomic E-state index is 0.0826. The van der Waals surface area contributed by atoms with Crippen molar-refractivity contribution in [3.05, 3.63) is 0 Å². The quantitative estimate of drug-likeness (QED) is 0.234. The molecule has 1 fully saturated rings. The van der Waals surface area contributed by atoms with Gasteiger partial charge in [-0.1, -0.05) is 0 Å². The topological polar surface area (TPSA) is 179 Å². The zero-order valence-electron chi connectivity index (χ0n) is 14.8. The number of nitrogens with zero attached hydrogens (tertiary/aromatic N) is 1. The Bertz CT molecular complexity index is 615. The van der Waals surface area contributed by atoms with Gasteiger partial charge in [0.25, 0.3) is 0 Å². The van der Waals surface area contributed by atoms with Crippen LogP contribution in [-0.2, 0) is 24.0 Å². The van der Waals surface area contributed by atoms with Gasteiger partial charge in [-0.2, -0.15) is 12.6 Å². The summed E-state index contributed by atoms with van der Waals surface area (Å²) in [7, 11) is 0. The number of likely N-dealkylation sites (tertiary alicyclic amines) is 1. The van der Waals surface area contributed by atoms with Crippen LogP contribution in [0.2, 0.25) is 0 Å². The number of carboxylic acid groups (broad SMARTS) is 2. The molecule has 3 amide bonds. The first-order valence-corrected chi connectivity index (χ1v) is 8.94. The van der Waals surface area contributed by atoms with Crippen LogP contribution < -0.4 is 16.4 Å². The molecule has 27 heavy (non-hydrogen) atoms. The number of carboxylic acids is 2. The molecule has 152 valence electrons. The molecule has 1 aliphatic heterocycles. The van der Waals surface area contributed by atoms with Gasteiger partial charge in [-0.05, 0) is 19.8 Å². The van der Waals surface area contributed by atoms with E-state index in [9.17, 15) is 24.0 Å². The van der Waals surface area contributed by atoms with Crippen LogP contribution in [0.5, 0.6) is 0 Å². The van der Waals surface area contributed by atoms with E-state index >= 15 is 0 Å². The first-order chi connectivity index (χ1) is 12.6. The molecule has 11 nitrogen and oxygen atoms in total. The van der Waals surface area contributed by atoms with Gasteiger partial charge >= 0.3 is 11.9 Å². The van der Waals surface area contributed by atoms with Gasteiger partial charge in [-0.15, -0.1) is 0 Å². The van der Waals surface area contributed by atoms with Crippen LogP contribution in [0.25, 0.3) is 0 Å². The van der Waals surface area contributed by atoms with Crippen LogP contribution in [0.3, 0.4) is 0 Å². The molecule has 0 saturated carbocycles. The molecule has 1 aliphatic rings. The molecule has 1 saturated heterocycles. The number of aliphatic carboxylic acids is 2. The highest BCUT2D eigenvalue weighted by molar-refractivity contribution is 7.80. The van der Waals surface area contributed by atoms with Crippen molar-refractivity contribution in [2.75, 3.05) is 12.3 Å². The average Bonchev–Trinajstić information content (AvgIpc) is 3.07. The molecule has 6 N–H and O–H groups in total. The number of hydrogen-bond acceptors (Lipinski definition) is 7. The third-order valence-corrected chi connectivity index (χ3v) is 4.46. The van der Waals surface area contributed by atoms with Crippen LogP contribution in [0, 0.1) is 0 Å². The summed E-state index contributed by atoms with van der Waals surface area (Å²) in [5.41, 5.74) is 5.47. The average molecular weight is 404 g/mol. The van der Waals surface area contributed by atoms with Gasteiger partial charge in [0.15, 0.2) is 0 Å². The van der Waals surface area contributed by atoms with E-state index in [0.717, 1.165) is 0 Å². The zero-order valence-corrected chi connectivity index (χ0v) is 15.6. The lowest BCUT2D eigenvalue weighted by atomic mass is 10.1. The van der Waals surface area contributed by atoms with Crippen LogP contribution in [0.4, 0.5) is 0 Å². The molecule has 0 spiro atoms. The van der Waals surface area contributed by atoms with E-state index in [1.54, 1.807) is 0 Å². The van der Waals surface area contributed by atoms with Crippen molar-refractivity contribution in [1.29, 1.82) is 0 Å². The number of amides is 3. The second-order valence-corrected chi connectivity index (χ2v) is 6.57. The number of carbonyl (C=O) groups excluding carboxylic acids is 3. The first-order valence-electron chi connectivity index (χ1n) is 8.30. The summed E-state index contributed by atoms with van der Waals surface area (Å²) in [6.07, 6.45) is 0.299. The summed E-state index contributed by atoms with van der Waals surface area (Å²) < 4.78 is 0. The van der Waals surface area contributed by atoms with Gasteiger partial charge in [0, 0.05) is 12.3 Å². The van der Waals surface area contributed by atoms with Gasteiger partial charge in [-0.25, -0.2) is 0 Å². The zero-order chi connectivity index (χ0) is 20.7. The summed E-state index contributed by atoms with van der Waals surface area (Å²) in [5, 5.41) is 22.2. The minimum atomic E-state index is -1.33.